The van der Waals surface area contributed by atoms with Gasteiger partial charge in [-0.2, -0.15) is 0 Å². The predicted octanol–water partition coefficient (Wildman–Crippen LogP) is 6.55. The van der Waals surface area contributed by atoms with Crippen molar-refractivity contribution in [3.8, 4) is 0 Å². The summed E-state index contributed by atoms with van der Waals surface area (Å²) in [6, 6.07) is 19.0. The van der Waals surface area contributed by atoms with E-state index in [1.165, 1.54) is 35.5 Å². The minimum atomic E-state index is 0.921. The Bertz CT molecular complexity index is 719. The van der Waals surface area contributed by atoms with E-state index in [-0.39, 0.29) is 0 Å². The minimum Gasteiger partial charge on any atom is -0.327 e. The molecule has 0 spiro atoms. The third-order valence-electron chi connectivity index (χ3n) is 3.83. The Morgan fingerprint density at radius 1 is 0.917 bits per heavy atom. The molecule has 1 heterocycles. The molecule has 3 aromatic rings. The van der Waals surface area contributed by atoms with Crippen LogP contribution in [0.1, 0.15) is 45.9 Å². The first-order chi connectivity index (χ1) is 11.9. The molecule has 0 aliphatic heterocycles. The van der Waals surface area contributed by atoms with Gasteiger partial charge in [0.2, 0.25) is 0 Å². The van der Waals surface area contributed by atoms with Crippen molar-refractivity contribution >= 4 is 22.8 Å². The number of thioether (sulfide) groups is 1. The molecule has 0 fully saturated rings. The molecule has 0 saturated heterocycles. The van der Waals surface area contributed by atoms with Crippen molar-refractivity contribution in [3.63, 3.8) is 0 Å². The SMILES string of the molecule is CC.CCCCCn1c(CSc2ccccc2)nc2ccccc21. The Kier molecular flexibility index (Phi) is 7.90. The lowest BCUT2D eigenvalue weighted by Gasteiger charge is -2.09. The molecular formula is C21H28N2S. The fraction of sp³-hybridized carbons (Fsp3) is 0.381. The number of aryl methyl sites for hydroxylation is 1. The highest BCUT2D eigenvalue weighted by Gasteiger charge is 2.10. The Morgan fingerprint density at radius 2 is 1.62 bits per heavy atom. The van der Waals surface area contributed by atoms with E-state index in [2.05, 4.69) is 66.1 Å². The quantitative estimate of drug-likeness (QED) is 0.359. The molecule has 0 aliphatic rings. The van der Waals surface area contributed by atoms with Gasteiger partial charge in [-0.3, -0.25) is 0 Å². The highest BCUT2D eigenvalue weighted by Crippen LogP contribution is 2.25. The minimum absolute atomic E-state index is 0.921. The first-order valence-electron chi connectivity index (χ1n) is 9.00. The summed E-state index contributed by atoms with van der Waals surface area (Å²) in [6.07, 6.45) is 3.75. The summed E-state index contributed by atoms with van der Waals surface area (Å²) in [4.78, 5) is 6.15. The highest BCUT2D eigenvalue weighted by molar-refractivity contribution is 7.98. The number of fused-ring (bicyclic) bond motifs is 1. The fourth-order valence-corrected chi connectivity index (χ4v) is 3.54. The molecule has 0 atom stereocenters. The van der Waals surface area contributed by atoms with E-state index in [0.29, 0.717) is 0 Å². The summed E-state index contributed by atoms with van der Waals surface area (Å²) in [6.45, 7) is 7.32. The second-order valence-electron chi connectivity index (χ2n) is 5.48. The molecular weight excluding hydrogens is 312 g/mol. The molecule has 128 valence electrons. The number of benzene rings is 2. The maximum absolute atomic E-state index is 4.85. The molecule has 1 aromatic heterocycles. The van der Waals surface area contributed by atoms with Gasteiger partial charge in [0, 0.05) is 11.4 Å². The Balaban J connectivity index is 0.00000100. The second kappa shape index (κ2) is 10.2. The summed E-state index contributed by atoms with van der Waals surface area (Å²) >= 11 is 1.86. The zero-order valence-electron chi connectivity index (χ0n) is 15.0. The van der Waals surface area contributed by atoms with Crippen LogP contribution in [0.15, 0.2) is 59.5 Å². The summed E-state index contributed by atoms with van der Waals surface area (Å²) in [5.74, 6) is 2.11. The number of hydrogen-bond acceptors (Lipinski definition) is 2. The van der Waals surface area contributed by atoms with Crippen molar-refractivity contribution in [3.05, 3.63) is 60.4 Å². The third kappa shape index (κ3) is 4.88. The van der Waals surface area contributed by atoms with E-state index in [1.807, 2.05) is 25.6 Å². The van der Waals surface area contributed by atoms with Crippen molar-refractivity contribution in [1.82, 2.24) is 9.55 Å². The Morgan fingerprint density at radius 3 is 2.38 bits per heavy atom. The van der Waals surface area contributed by atoms with Gasteiger partial charge in [0.05, 0.1) is 16.8 Å². The molecule has 0 aliphatic carbocycles. The molecule has 0 N–H and O–H groups in total. The summed E-state index contributed by atoms with van der Waals surface area (Å²) in [5, 5.41) is 0. The summed E-state index contributed by atoms with van der Waals surface area (Å²) in [5.41, 5.74) is 2.38. The van der Waals surface area contributed by atoms with E-state index in [9.17, 15) is 0 Å². The van der Waals surface area contributed by atoms with Crippen molar-refractivity contribution < 1.29 is 0 Å². The van der Waals surface area contributed by atoms with Crippen molar-refractivity contribution in [1.29, 1.82) is 0 Å². The van der Waals surface area contributed by atoms with Gasteiger partial charge in [-0.15, -0.1) is 11.8 Å². The molecule has 0 radical (unpaired) electrons. The van der Waals surface area contributed by atoms with Gasteiger partial charge in [0.25, 0.3) is 0 Å². The molecule has 3 heteroatoms. The predicted molar refractivity (Wildman–Crippen MR) is 107 cm³/mol. The zero-order chi connectivity index (χ0) is 17.2. The van der Waals surface area contributed by atoms with Crippen LogP contribution in [0, 0.1) is 0 Å². The van der Waals surface area contributed by atoms with E-state index in [4.69, 9.17) is 4.98 Å². The smallest absolute Gasteiger partial charge is 0.120 e. The number of imidazole rings is 1. The van der Waals surface area contributed by atoms with E-state index < -0.39 is 0 Å². The van der Waals surface area contributed by atoms with Gasteiger partial charge in [-0.05, 0) is 30.7 Å². The van der Waals surface area contributed by atoms with Gasteiger partial charge in [-0.25, -0.2) is 4.98 Å². The molecule has 2 nitrogen and oxygen atoms in total. The monoisotopic (exact) mass is 340 g/mol. The number of aromatic nitrogens is 2. The zero-order valence-corrected chi connectivity index (χ0v) is 15.9. The van der Waals surface area contributed by atoms with Crippen molar-refractivity contribution in [2.24, 2.45) is 0 Å². The normalized spacial score (nSPS) is 10.5. The van der Waals surface area contributed by atoms with Crippen LogP contribution in [0.3, 0.4) is 0 Å². The van der Waals surface area contributed by atoms with Gasteiger partial charge in [-0.1, -0.05) is 63.9 Å². The topological polar surface area (TPSA) is 17.8 Å². The van der Waals surface area contributed by atoms with Crippen LogP contribution in [-0.2, 0) is 12.3 Å². The van der Waals surface area contributed by atoms with Crippen LogP contribution in [0.25, 0.3) is 11.0 Å². The summed E-state index contributed by atoms with van der Waals surface area (Å²) < 4.78 is 2.40. The lowest BCUT2D eigenvalue weighted by Crippen LogP contribution is -2.03. The maximum atomic E-state index is 4.85. The lowest BCUT2D eigenvalue weighted by atomic mass is 10.2. The number of unbranched alkanes of at least 4 members (excludes halogenated alkanes) is 2. The number of nitrogens with zero attached hydrogens (tertiary/aromatic N) is 2. The molecule has 0 amide bonds. The third-order valence-corrected chi connectivity index (χ3v) is 4.84. The van der Waals surface area contributed by atoms with Crippen LogP contribution in [-0.4, -0.2) is 9.55 Å². The second-order valence-corrected chi connectivity index (χ2v) is 6.53. The van der Waals surface area contributed by atoms with Crippen LogP contribution in [0.4, 0.5) is 0 Å². The first-order valence-corrected chi connectivity index (χ1v) is 9.99. The average Bonchev–Trinajstić information content (AvgIpc) is 3.01. The number of hydrogen-bond donors (Lipinski definition) is 0. The van der Waals surface area contributed by atoms with Crippen molar-refractivity contribution in [2.75, 3.05) is 0 Å². The highest BCUT2D eigenvalue weighted by atomic mass is 32.2. The standard InChI is InChI=1S/C19H22N2S.C2H6/c1-2-3-9-14-21-18-13-8-7-12-17(18)20-19(21)15-22-16-10-5-4-6-11-16;1-2/h4-8,10-13H,2-3,9,14-15H2,1H3;1-2H3. The maximum Gasteiger partial charge on any atom is 0.120 e. The van der Waals surface area contributed by atoms with E-state index >= 15 is 0 Å². The average molecular weight is 341 g/mol. The largest absolute Gasteiger partial charge is 0.327 e. The van der Waals surface area contributed by atoms with Crippen LogP contribution in [0.5, 0.6) is 0 Å². The fourth-order valence-electron chi connectivity index (χ4n) is 2.67. The van der Waals surface area contributed by atoms with Gasteiger partial charge < -0.3 is 4.57 Å². The molecule has 2 aromatic carbocycles. The van der Waals surface area contributed by atoms with E-state index in [1.54, 1.807) is 0 Å². The molecule has 24 heavy (non-hydrogen) atoms. The van der Waals surface area contributed by atoms with Crippen LogP contribution < -0.4 is 0 Å². The number of para-hydroxylation sites is 2. The Hall–Kier alpha value is -1.74. The van der Waals surface area contributed by atoms with E-state index in [0.717, 1.165) is 17.8 Å². The molecule has 0 saturated carbocycles. The van der Waals surface area contributed by atoms with Gasteiger partial charge in [0.15, 0.2) is 0 Å². The van der Waals surface area contributed by atoms with Crippen LogP contribution in [0.2, 0.25) is 0 Å². The number of rotatable bonds is 7. The van der Waals surface area contributed by atoms with Crippen LogP contribution >= 0.6 is 11.8 Å². The summed E-state index contributed by atoms with van der Waals surface area (Å²) in [7, 11) is 0. The van der Waals surface area contributed by atoms with Crippen molar-refractivity contribution in [2.45, 2.75) is 57.2 Å². The Labute approximate surface area is 150 Å². The van der Waals surface area contributed by atoms with Gasteiger partial charge in [0.1, 0.15) is 5.82 Å². The molecule has 0 unspecified atom stereocenters. The molecule has 3 rings (SSSR count). The molecule has 0 bridgehead atoms. The lowest BCUT2D eigenvalue weighted by molar-refractivity contribution is 0.600. The van der Waals surface area contributed by atoms with Gasteiger partial charge >= 0.3 is 0 Å². The first kappa shape index (κ1) is 18.6.